The molecule has 1 unspecified atom stereocenters. The summed E-state index contributed by atoms with van der Waals surface area (Å²) in [5.41, 5.74) is 0. The van der Waals surface area contributed by atoms with E-state index >= 15 is 0 Å². The van der Waals surface area contributed by atoms with Crippen LogP contribution in [0.4, 0.5) is 0 Å². The van der Waals surface area contributed by atoms with Crippen LogP contribution in [0.5, 0.6) is 0 Å². The minimum atomic E-state index is -0.772. The molecule has 0 rings (SSSR count). The van der Waals surface area contributed by atoms with E-state index in [1.54, 1.807) is 0 Å². The Hall–Kier alpha value is -2.63. The van der Waals surface area contributed by atoms with Crippen LogP contribution in [0.25, 0.3) is 0 Å². The van der Waals surface area contributed by atoms with Crippen molar-refractivity contribution in [1.29, 1.82) is 0 Å². The summed E-state index contributed by atoms with van der Waals surface area (Å²) in [7, 11) is 0. The van der Waals surface area contributed by atoms with E-state index in [2.05, 4.69) is 69.4 Å². The zero-order valence-electron chi connectivity index (χ0n) is 51.0. The lowest BCUT2D eigenvalue weighted by molar-refractivity contribution is -0.167. The number of carbonyl (C=O) groups excluding carboxylic acids is 3. The molecule has 0 saturated carbocycles. The highest BCUT2D eigenvalue weighted by Gasteiger charge is 2.19. The Labute approximate surface area is 473 Å². The van der Waals surface area contributed by atoms with Gasteiger partial charge in [-0.2, -0.15) is 0 Å². The minimum absolute atomic E-state index is 0.0699. The number of ether oxygens (including phenoxy) is 3. The molecule has 0 saturated heterocycles. The second-order valence-electron chi connectivity index (χ2n) is 22.7. The largest absolute Gasteiger partial charge is 0.462 e. The van der Waals surface area contributed by atoms with Crippen molar-refractivity contribution in [2.45, 2.75) is 367 Å². The summed E-state index contributed by atoms with van der Waals surface area (Å²) in [5, 5.41) is 0. The first kappa shape index (κ1) is 73.4. The van der Waals surface area contributed by atoms with Gasteiger partial charge in [-0.3, -0.25) is 14.4 Å². The molecule has 0 fully saturated rings. The molecule has 0 aliphatic heterocycles. The molecule has 0 spiro atoms. The van der Waals surface area contributed by atoms with Crippen molar-refractivity contribution >= 4 is 17.9 Å². The standard InChI is InChI=1S/C70H128O6/c1-4-7-10-13-16-19-22-24-26-28-30-32-34-35-37-38-40-42-44-46-48-51-54-57-60-63-69(72)75-66-67(65-74-68(71)62-59-56-53-50-21-18-15-12-9-6-3)76-70(73)64-61-58-55-52-49-47-45-43-41-39-36-33-31-29-27-25-23-20-17-14-11-8-5-2/h22-25,28-31,67H,4-21,26-27,32-66H2,1-3H3/b24-22-,25-23-,30-28-,31-29-. The van der Waals surface area contributed by atoms with Crippen LogP contribution in [-0.4, -0.2) is 37.2 Å². The van der Waals surface area contributed by atoms with E-state index in [4.69, 9.17) is 14.2 Å². The zero-order chi connectivity index (χ0) is 55.0. The van der Waals surface area contributed by atoms with Gasteiger partial charge >= 0.3 is 17.9 Å². The SMILES string of the molecule is CCCCCCC/C=C\C/C=C\CCCCCCCCCCCCCCCC(=O)OCC(COC(=O)CCCCCCCCCCCC)OC(=O)CCCCCCCCCCCCC/C=C\C/C=C\CCCCCCC. The van der Waals surface area contributed by atoms with Crippen LogP contribution >= 0.6 is 0 Å². The highest BCUT2D eigenvalue weighted by molar-refractivity contribution is 5.71. The Morgan fingerprint density at radius 2 is 0.474 bits per heavy atom. The lowest BCUT2D eigenvalue weighted by Gasteiger charge is -2.18. The Morgan fingerprint density at radius 1 is 0.263 bits per heavy atom. The van der Waals surface area contributed by atoms with Gasteiger partial charge in [0, 0.05) is 19.3 Å². The predicted molar refractivity (Wildman–Crippen MR) is 330 cm³/mol. The first-order valence-corrected chi connectivity index (χ1v) is 33.6. The monoisotopic (exact) mass is 1060 g/mol. The molecule has 0 aliphatic carbocycles. The molecule has 0 aromatic rings. The van der Waals surface area contributed by atoms with Crippen LogP contribution in [0.1, 0.15) is 361 Å². The Bertz CT molecular complexity index is 1310. The van der Waals surface area contributed by atoms with Gasteiger partial charge in [0.05, 0.1) is 0 Å². The molecular weight excluding hydrogens is 937 g/mol. The molecule has 0 amide bonds. The fraction of sp³-hybridized carbons (Fsp3) is 0.843. The molecule has 6 nitrogen and oxygen atoms in total. The topological polar surface area (TPSA) is 78.9 Å². The molecule has 0 bridgehead atoms. The normalized spacial score (nSPS) is 12.3. The maximum absolute atomic E-state index is 12.9. The molecule has 0 aromatic carbocycles. The van der Waals surface area contributed by atoms with Gasteiger partial charge in [-0.1, -0.05) is 307 Å². The fourth-order valence-electron chi connectivity index (χ4n) is 9.98. The first-order chi connectivity index (χ1) is 37.5. The molecular formula is C70H128O6. The van der Waals surface area contributed by atoms with Crippen molar-refractivity contribution < 1.29 is 28.6 Å². The van der Waals surface area contributed by atoms with E-state index in [0.29, 0.717) is 19.3 Å². The number of hydrogen-bond donors (Lipinski definition) is 0. The van der Waals surface area contributed by atoms with Gasteiger partial charge < -0.3 is 14.2 Å². The van der Waals surface area contributed by atoms with Crippen molar-refractivity contribution in [2.24, 2.45) is 0 Å². The van der Waals surface area contributed by atoms with Crippen LogP contribution in [0.15, 0.2) is 48.6 Å². The van der Waals surface area contributed by atoms with E-state index in [0.717, 1.165) is 70.6 Å². The second kappa shape index (κ2) is 64.9. The summed E-state index contributed by atoms with van der Waals surface area (Å²) in [6, 6.07) is 0. The number of esters is 3. The van der Waals surface area contributed by atoms with E-state index in [9.17, 15) is 14.4 Å². The van der Waals surface area contributed by atoms with Gasteiger partial charge in [0.1, 0.15) is 13.2 Å². The molecule has 0 heterocycles. The van der Waals surface area contributed by atoms with Gasteiger partial charge in [0.25, 0.3) is 0 Å². The summed E-state index contributed by atoms with van der Waals surface area (Å²) in [4.78, 5) is 38.3. The van der Waals surface area contributed by atoms with Gasteiger partial charge in [-0.25, -0.2) is 0 Å². The highest BCUT2D eigenvalue weighted by atomic mass is 16.6. The Balaban J connectivity index is 4.19. The van der Waals surface area contributed by atoms with Crippen molar-refractivity contribution in [3.8, 4) is 0 Å². The van der Waals surface area contributed by atoms with Crippen LogP contribution in [-0.2, 0) is 28.6 Å². The number of rotatable bonds is 62. The van der Waals surface area contributed by atoms with Gasteiger partial charge in [-0.05, 0) is 83.5 Å². The first-order valence-electron chi connectivity index (χ1n) is 33.6. The molecule has 0 radical (unpaired) electrons. The van der Waals surface area contributed by atoms with Crippen molar-refractivity contribution in [3.05, 3.63) is 48.6 Å². The molecule has 1 atom stereocenters. The van der Waals surface area contributed by atoms with Crippen LogP contribution in [0.3, 0.4) is 0 Å². The van der Waals surface area contributed by atoms with E-state index < -0.39 is 6.10 Å². The minimum Gasteiger partial charge on any atom is -0.462 e. The van der Waals surface area contributed by atoms with Crippen molar-refractivity contribution in [2.75, 3.05) is 13.2 Å². The maximum atomic E-state index is 12.9. The van der Waals surface area contributed by atoms with E-state index in [1.165, 1.54) is 250 Å². The smallest absolute Gasteiger partial charge is 0.306 e. The zero-order valence-corrected chi connectivity index (χ0v) is 51.0. The van der Waals surface area contributed by atoms with Crippen LogP contribution in [0, 0.1) is 0 Å². The van der Waals surface area contributed by atoms with E-state index in [-0.39, 0.29) is 31.1 Å². The molecule has 0 N–H and O–H groups in total. The molecule has 76 heavy (non-hydrogen) atoms. The van der Waals surface area contributed by atoms with Gasteiger partial charge in [-0.15, -0.1) is 0 Å². The summed E-state index contributed by atoms with van der Waals surface area (Å²) >= 11 is 0. The van der Waals surface area contributed by atoms with E-state index in [1.807, 2.05) is 0 Å². The summed E-state index contributed by atoms with van der Waals surface area (Å²) in [6.45, 7) is 6.66. The summed E-state index contributed by atoms with van der Waals surface area (Å²) in [6.07, 6.45) is 81.3. The number of unbranched alkanes of at least 4 members (excludes halogenated alkanes) is 43. The van der Waals surface area contributed by atoms with Crippen LogP contribution in [0.2, 0.25) is 0 Å². The Kier molecular flexibility index (Phi) is 62.6. The summed E-state index contributed by atoms with van der Waals surface area (Å²) < 4.78 is 16.9. The Morgan fingerprint density at radius 3 is 0.724 bits per heavy atom. The molecule has 0 aromatic heterocycles. The molecule has 0 aliphatic rings. The third-order valence-corrected chi connectivity index (χ3v) is 15.1. The number of carbonyl (C=O) groups is 3. The van der Waals surface area contributed by atoms with Crippen molar-refractivity contribution in [3.63, 3.8) is 0 Å². The fourth-order valence-corrected chi connectivity index (χ4v) is 9.98. The van der Waals surface area contributed by atoms with Gasteiger partial charge in [0.2, 0.25) is 0 Å². The number of allylic oxidation sites excluding steroid dienone is 8. The lowest BCUT2D eigenvalue weighted by atomic mass is 10.0. The highest BCUT2D eigenvalue weighted by Crippen LogP contribution is 2.17. The lowest BCUT2D eigenvalue weighted by Crippen LogP contribution is -2.30. The third kappa shape index (κ3) is 62.2. The molecule has 6 heteroatoms. The van der Waals surface area contributed by atoms with Gasteiger partial charge in [0.15, 0.2) is 6.10 Å². The average Bonchev–Trinajstić information content (AvgIpc) is 3.42. The quantitative estimate of drug-likeness (QED) is 0.0261. The second-order valence-corrected chi connectivity index (χ2v) is 22.7. The average molecular weight is 1070 g/mol. The maximum Gasteiger partial charge on any atom is 0.306 e. The van der Waals surface area contributed by atoms with Crippen LogP contribution < -0.4 is 0 Å². The summed E-state index contributed by atoms with van der Waals surface area (Å²) in [5.74, 6) is -0.853. The predicted octanol–water partition coefficient (Wildman–Crippen LogP) is 22.9. The third-order valence-electron chi connectivity index (χ3n) is 15.1. The molecule has 444 valence electrons. The number of hydrogen-bond acceptors (Lipinski definition) is 6. The van der Waals surface area contributed by atoms with Crippen molar-refractivity contribution in [1.82, 2.24) is 0 Å².